The van der Waals surface area contributed by atoms with Crippen LogP contribution >= 0.6 is 0 Å². The maximum Gasteiger partial charge on any atom is 0.216 e. The van der Waals surface area contributed by atoms with E-state index in [2.05, 4.69) is 41.7 Å². The molecule has 0 fully saturated rings. The van der Waals surface area contributed by atoms with Crippen LogP contribution in [0.25, 0.3) is 0 Å². The molecule has 101 valence electrons. The monoisotopic (exact) mass is 264 g/mol. The average molecular weight is 264 g/mol. The van der Waals surface area contributed by atoms with Gasteiger partial charge < -0.3 is 4.74 Å². The number of aryl methyl sites for hydroxylation is 1. The Morgan fingerprint density at radius 2 is 2.05 bits per heavy atom. The minimum Gasteiger partial charge on any atom is -0.477 e. The summed E-state index contributed by atoms with van der Waals surface area (Å²) in [5.41, 5.74) is 5.62. The predicted molar refractivity (Wildman–Crippen MR) is 79.0 cm³/mol. The highest BCUT2D eigenvalue weighted by Crippen LogP contribution is 2.38. The predicted octanol–water partition coefficient (Wildman–Crippen LogP) is 3.69. The van der Waals surface area contributed by atoms with Gasteiger partial charge in [-0.2, -0.15) is 0 Å². The molecule has 0 bridgehead atoms. The Bertz CT molecular complexity index is 635. The van der Waals surface area contributed by atoms with Crippen molar-refractivity contribution >= 4 is 0 Å². The Labute approximate surface area is 119 Å². The summed E-state index contributed by atoms with van der Waals surface area (Å²) in [6.07, 6.45) is 8.87. The molecule has 1 aliphatic carbocycles. The molecule has 0 saturated carbocycles. The molecule has 0 N–H and O–H groups in total. The van der Waals surface area contributed by atoms with Gasteiger partial charge in [-0.05, 0) is 60.8 Å². The van der Waals surface area contributed by atoms with Gasteiger partial charge >= 0.3 is 0 Å². The summed E-state index contributed by atoms with van der Waals surface area (Å²) in [7, 11) is 0. The molecule has 4 rings (SSSR count). The molecule has 0 spiro atoms. The quantitative estimate of drug-likeness (QED) is 0.783. The van der Waals surface area contributed by atoms with Gasteiger partial charge in [-0.3, -0.25) is 0 Å². The maximum atomic E-state index is 5.70. The van der Waals surface area contributed by atoms with Crippen LogP contribution in [0.1, 0.15) is 41.0 Å². The van der Waals surface area contributed by atoms with Crippen LogP contribution in [-0.4, -0.2) is 11.6 Å². The van der Waals surface area contributed by atoms with E-state index in [4.69, 9.17) is 4.74 Å². The highest BCUT2D eigenvalue weighted by molar-refractivity contribution is 5.45. The standard InChI is InChI=1S/C18H18NO/c1-2-5-14-12-15(8-7-13(14)4-1)16-9-10-19-18-17(16)6-3-11-20-18/h1-2,4-5,9-10,12,15H,3,6-8,11H2. The molecule has 1 aliphatic heterocycles. The molecule has 20 heavy (non-hydrogen) atoms. The number of benzene rings is 1. The van der Waals surface area contributed by atoms with Gasteiger partial charge in [0.1, 0.15) is 0 Å². The molecule has 1 aromatic heterocycles. The second kappa shape index (κ2) is 4.93. The van der Waals surface area contributed by atoms with Gasteiger partial charge in [0.25, 0.3) is 0 Å². The van der Waals surface area contributed by atoms with Crippen molar-refractivity contribution in [2.24, 2.45) is 0 Å². The second-order valence-electron chi connectivity index (χ2n) is 5.65. The van der Waals surface area contributed by atoms with Crippen LogP contribution in [0.4, 0.5) is 0 Å². The third-order valence-electron chi connectivity index (χ3n) is 4.42. The molecule has 1 atom stereocenters. The number of pyridine rings is 1. The van der Waals surface area contributed by atoms with Crippen LogP contribution in [0.15, 0.2) is 36.5 Å². The second-order valence-corrected chi connectivity index (χ2v) is 5.65. The van der Waals surface area contributed by atoms with Gasteiger partial charge in [0.15, 0.2) is 0 Å². The lowest BCUT2D eigenvalue weighted by Gasteiger charge is -2.28. The smallest absolute Gasteiger partial charge is 0.216 e. The molecule has 1 unspecified atom stereocenters. The number of ether oxygens (including phenoxy) is 1. The first-order valence-corrected chi connectivity index (χ1v) is 7.45. The van der Waals surface area contributed by atoms with Crippen molar-refractivity contribution in [1.29, 1.82) is 0 Å². The lowest BCUT2D eigenvalue weighted by atomic mass is 9.78. The fourth-order valence-electron chi connectivity index (χ4n) is 3.41. The van der Waals surface area contributed by atoms with E-state index in [9.17, 15) is 0 Å². The van der Waals surface area contributed by atoms with Crippen LogP contribution in [0, 0.1) is 6.42 Å². The highest BCUT2D eigenvalue weighted by Gasteiger charge is 2.25. The van der Waals surface area contributed by atoms with E-state index in [0.29, 0.717) is 5.92 Å². The summed E-state index contributed by atoms with van der Waals surface area (Å²) in [5, 5.41) is 0. The Hall–Kier alpha value is -1.83. The lowest BCUT2D eigenvalue weighted by molar-refractivity contribution is 0.275. The topological polar surface area (TPSA) is 22.1 Å². The molecular formula is C18H18NO. The Balaban J connectivity index is 1.70. The van der Waals surface area contributed by atoms with Crippen molar-refractivity contribution in [2.45, 2.75) is 31.6 Å². The van der Waals surface area contributed by atoms with E-state index < -0.39 is 0 Å². The number of aromatic nitrogens is 1. The van der Waals surface area contributed by atoms with Crippen LogP contribution in [-0.2, 0) is 12.8 Å². The summed E-state index contributed by atoms with van der Waals surface area (Å²) in [4.78, 5) is 4.38. The highest BCUT2D eigenvalue weighted by atomic mass is 16.5. The Morgan fingerprint density at radius 3 is 3.05 bits per heavy atom. The first-order valence-electron chi connectivity index (χ1n) is 7.45. The van der Waals surface area contributed by atoms with E-state index in [1.807, 2.05) is 6.20 Å². The SMILES string of the molecule is [CH]1c2ccccc2CCC1c1ccnc2c1CCCO2. The molecular weight excluding hydrogens is 246 g/mol. The number of rotatable bonds is 1. The van der Waals surface area contributed by atoms with Gasteiger partial charge in [0.05, 0.1) is 6.61 Å². The normalized spacial score (nSPS) is 20.7. The Morgan fingerprint density at radius 1 is 1.10 bits per heavy atom. The summed E-state index contributed by atoms with van der Waals surface area (Å²) >= 11 is 0. The van der Waals surface area contributed by atoms with Gasteiger partial charge in [0.2, 0.25) is 5.88 Å². The summed E-state index contributed by atoms with van der Waals surface area (Å²) < 4.78 is 5.70. The summed E-state index contributed by atoms with van der Waals surface area (Å²) in [6, 6.07) is 10.9. The van der Waals surface area contributed by atoms with Crippen LogP contribution in [0.2, 0.25) is 0 Å². The summed E-state index contributed by atoms with van der Waals surface area (Å²) in [6.45, 7) is 0.806. The van der Waals surface area contributed by atoms with E-state index in [-0.39, 0.29) is 0 Å². The molecule has 2 aromatic rings. The minimum absolute atomic E-state index is 0.503. The van der Waals surface area contributed by atoms with E-state index in [1.165, 1.54) is 28.7 Å². The molecule has 2 nitrogen and oxygen atoms in total. The zero-order chi connectivity index (χ0) is 13.4. The molecule has 1 aromatic carbocycles. The number of hydrogen-bond acceptors (Lipinski definition) is 2. The molecule has 1 radical (unpaired) electrons. The molecule has 2 aliphatic rings. The van der Waals surface area contributed by atoms with Crippen LogP contribution < -0.4 is 4.74 Å². The molecule has 0 saturated heterocycles. The minimum atomic E-state index is 0.503. The van der Waals surface area contributed by atoms with Crippen LogP contribution in [0.5, 0.6) is 5.88 Å². The van der Waals surface area contributed by atoms with Gasteiger partial charge in [-0.1, -0.05) is 24.3 Å². The zero-order valence-electron chi connectivity index (χ0n) is 11.5. The summed E-state index contributed by atoms with van der Waals surface area (Å²) in [5.74, 6) is 1.37. The van der Waals surface area contributed by atoms with Gasteiger partial charge in [0, 0.05) is 11.8 Å². The van der Waals surface area contributed by atoms with E-state index in [0.717, 1.165) is 31.7 Å². The van der Waals surface area contributed by atoms with Crippen molar-refractivity contribution in [3.63, 3.8) is 0 Å². The van der Waals surface area contributed by atoms with Gasteiger partial charge in [-0.25, -0.2) is 4.98 Å². The van der Waals surface area contributed by atoms with Gasteiger partial charge in [-0.15, -0.1) is 0 Å². The van der Waals surface area contributed by atoms with E-state index in [1.54, 1.807) is 0 Å². The Kier molecular flexibility index (Phi) is 2.95. The number of fused-ring (bicyclic) bond motifs is 2. The maximum absolute atomic E-state index is 5.70. The fraction of sp³-hybridized carbons (Fsp3) is 0.333. The first-order chi connectivity index (χ1) is 9.92. The third kappa shape index (κ3) is 2.00. The number of hydrogen-bond donors (Lipinski definition) is 0. The number of nitrogens with zero attached hydrogens (tertiary/aromatic N) is 1. The van der Waals surface area contributed by atoms with Crippen molar-refractivity contribution in [2.75, 3.05) is 6.61 Å². The third-order valence-corrected chi connectivity index (χ3v) is 4.42. The van der Waals surface area contributed by atoms with Crippen molar-refractivity contribution in [1.82, 2.24) is 4.98 Å². The van der Waals surface area contributed by atoms with Crippen LogP contribution in [0.3, 0.4) is 0 Å². The van der Waals surface area contributed by atoms with Crippen molar-refractivity contribution in [3.8, 4) is 5.88 Å². The largest absolute Gasteiger partial charge is 0.477 e. The van der Waals surface area contributed by atoms with Crippen molar-refractivity contribution in [3.05, 3.63) is 65.2 Å². The first kappa shape index (κ1) is 12.0. The zero-order valence-corrected chi connectivity index (χ0v) is 11.5. The fourth-order valence-corrected chi connectivity index (χ4v) is 3.41. The van der Waals surface area contributed by atoms with E-state index >= 15 is 0 Å². The van der Waals surface area contributed by atoms with Crippen molar-refractivity contribution < 1.29 is 4.74 Å². The average Bonchev–Trinajstić information content (AvgIpc) is 2.54. The molecule has 2 heteroatoms. The lowest BCUT2D eigenvalue weighted by Crippen LogP contribution is -2.17. The molecule has 0 amide bonds. The molecule has 2 heterocycles.